The van der Waals surface area contributed by atoms with E-state index < -0.39 is 0 Å². The van der Waals surface area contributed by atoms with Gasteiger partial charge in [0.2, 0.25) is 0 Å². The smallest absolute Gasteiger partial charge is 0.135 e. The molecule has 0 aromatic carbocycles. The maximum atomic E-state index is 6.02. The second-order valence-corrected chi connectivity index (χ2v) is 6.73. The summed E-state index contributed by atoms with van der Waals surface area (Å²) in [6.07, 6.45) is 0. The van der Waals surface area contributed by atoms with E-state index in [0.717, 1.165) is 20.9 Å². The molecular formula is C13H15Cl2N3S. The quantitative estimate of drug-likeness (QED) is 0.794. The maximum absolute atomic E-state index is 6.02. The van der Waals surface area contributed by atoms with Gasteiger partial charge in [-0.25, -0.2) is 9.97 Å². The van der Waals surface area contributed by atoms with Crippen LogP contribution in [0.25, 0.3) is 0 Å². The van der Waals surface area contributed by atoms with Gasteiger partial charge >= 0.3 is 0 Å². The molecule has 19 heavy (non-hydrogen) atoms. The first-order chi connectivity index (χ1) is 8.95. The van der Waals surface area contributed by atoms with Gasteiger partial charge in [0, 0.05) is 16.9 Å². The minimum Gasteiger partial charge on any atom is -0.363 e. The average molecular weight is 316 g/mol. The summed E-state index contributed by atoms with van der Waals surface area (Å²) < 4.78 is 0.784. The predicted octanol–water partition coefficient (Wildman–Crippen LogP) is 5.14. The Kier molecular flexibility index (Phi) is 4.66. The van der Waals surface area contributed by atoms with Crippen LogP contribution in [0.1, 0.15) is 43.4 Å². The molecule has 102 valence electrons. The number of halogens is 2. The van der Waals surface area contributed by atoms with E-state index >= 15 is 0 Å². The zero-order valence-electron chi connectivity index (χ0n) is 10.9. The highest BCUT2D eigenvalue weighted by Crippen LogP contribution is 2.29. The van der Waals surface area contributed by atoms with Gasteiger partial charge in [-0.2, -0.15) is 0 Å². The lowest BCUT2D eigenvalue weighted by molar-refractivity contribution is 0.769. The lowest BCUT2D eigenvalue weighted by atomic mass is 10.2. The molecule has 0 fully saturated rings. The standard InChI is InChI=1S/C13H15Cl2N3S/c1-7(2)13-17-10(14)6-12(18-13)16-8(3)9-4-5-11(15)19-9/h4-8H,1-3H3,(H,16,17,18). The summed E-state index contributed by atoms with van der Waals surface area (Å²) in [7, 11) is 0. The molecule has 2 aromatic rings. The lowest BCUT2D eigenvalue weighted by Gasteiger charge is -2.14. The van der Waals surface area contributed by atoms with E-state index in [0.29, 0.717) is 5.15 Å². The molecule has 0 saturated heterocycles. The molecule has 0 amide bonds. The van der Waals surface area contributed by atoms with Gasteiger partial charge in [0.1, 0.15) is 16.8 Å². The molecule has 0 aliphatic heterocycles. The molecule has 2 heterocycles. The summed E-state index contributed by atoms with van der Waals surface area (Å²) in [5, 5.41) is 3.78. The van der Waals surface area contributed by atoms with Gasteiger partial charge in [0.25, 0.3) is 0 Å². The van der Waals surface area contributed by atoms with Crippen molar-refractivity contribution in [2.45, 2.75) is 32.7 Å². The minimum absolute atomic E-state index is 0.128. The van der Waals surface area contributed by atoms with E-state index in [1.165, 1.54) is 0 Å². The maximum Gasteiger partial charge on any atom is 0.135 e. The number of rotatable bonds is 4. The Morgan fingerprint density at radius 1 is 1.16 bits per heavy atom. The molecule has 1 unspecified atom stereocenters. The van der Waals surface area contributed by atoms with Gasteiger partial charge in [-0.1, -0.05) is 37.0 Å². The monoisotopic (exact) mass is 315 g/mol. The first-order valence-corrected chi connectivity index (χ1v) is 7.59. The Morgan fingerprint density at radius 3 is 2.47 bits per heavy atom. The van der Waals surface area contributed by atoms with Crippen LogP contribution in [0.5, 0.6) is 0 Å². The number of hydrogen-bond acceptors (Lipinski definition) is 4. The van der Waals surface area contributed by atoms with Crippen LogP contribution in [0, 0.1) is 0 Å². The second kappa shape index (κ2) is 6.07. The number of hydrogen-bond donors (Lipinski definition) is 1. The van der Waals surface area contributed by atoms with Crippen LogP contribution in [-0.4, -0.2) is 9.97 Å². The summed E-state index contributed by atoms with van der Waals surface area (Å²) in [5.41, 5.74) is 0. The highest BCUT2D eigenvalue weighted by atomic mass is 35.5. The Morgan fingerprint density at radius 2 is 1.89 bits per heavy atom. The molecule has 0 aliphatic rings. The van der Waals surface area contributed by atoms with Crippen molar-refractivity contribution in [1.29, 1.82) is 0 Å². The number of thiophene rings is 1. The van der Waals surface area contributed by atoms with Crippen molar-refractivity contribution in [2.75, 3.05) is 5.32 Å². The van der Waals surface area contributed by atoms with Gasteiger partial charge < -0.3 is 5.32 Å². The third-order valence-electron chi connectivity index (χ3n) is 2.61. The van der Waals surface area contributed by atoms with Crippen LogP contribution in [0.4, 0.5) is 5.82 Å². The summed E-state index contributed by atoms with van der Waals surface area (Å²) >= 11 is 13.5. The van der Waals surface area contributed by atoms with Crippen LogP contribution in [0.3, 0.4) is 0 Å². The summed E-state index contributed by atoms with van der Waals surface area (Å²) in [4.78, 5) is 9.84. The molecule has 0 radical (unpaired) electrons. The Balaban J connectivity index is 2.18. The predicted molar refractivity (Wildman–Crippen MR) is 82.5 cm³/mol. The summed E-state index contributed by atoms with van der Waals surface area (Å²) in [6, 6.07) is 5.77. The van der Waals surface area contributed by atoms with Gasteiger partial charge in [-0.3, -0.25) is 0 Å². The normalized spacial score (nSPS) is 12.7. The van der Waals surface area contributed by atoms with Crippen molar-refractivity contribution in [3.8, 4) is 0 Å². The molecule has 0 spiro atoms. The van der Waals surface area contributed by atoms with Crippen LogP contribution >= 0.6 is 34.5 Å². The van der Waals surface area contributed by atoms with Crippen molar-refractivity contribution >= 4 is 40.4 Å². The largest absolute Gasteiger partial charge is 0.363 e. The molecule has 2 rings (SSSR count). The lowest BCUT2D eigenvalue weighted by Crippen LogP contribution is -2.09. The third kappa shape index (κ3) is 3.81. The Hall–Kier alpha value is -0.840. The van der Waals surface area contributed by atoms with E-state index in [1.54, 1.807) is 17.4 Å². The zero-order valence-corrected chi connectivity index (χ0v) is 13.3. The fraction of sp³-hybridized carbons (Fsp3) is 0.385. The fourth-order valence-electron chi connectivity index (χ4n) is 1.62. The number of nitrogens with zero attached hydrogens (tertiary/aromatic N) is 2. The Bertz CT molecular complexity index is 569. The van der Waals surface area contributed by atoms with Crippen LogP contribution < -0.4 is 5.32 Å². The first kappa shape index (κ1) is 14.6. The molecule has 2 aromatic heterocycles. The highest BCUT2D eigenvalue weighted by molar-refractivity contribution is 7.16. The molecule has 3 nitrogen and oxygen atoms in total. The van der Waals surface area contributed by atoms with Crippen molar-refractivity contribution in [2.24, 2.45) is 0 Å². The number of aromatic nitrogens is 2. The van der Waals surface area contributed by atoms with Crippen molar-refractivity contribution in [3.05, 3.63) is 38.4 Å². The summed E-state index contributed by atoms with van der Waals surface area (Å²) in [6.45, 7) is 6.14. The van der Waals surface area contributed by atoms with Gasteiger partial charge in [0.15, 0.2) is 0 Å². The van der Waals surface area contributed by atoms with Gasteiger partial charge in [0.05, 0.1) is 10.4 Å². The topological polar surface area (TPSA) is 37.8 Å². The zero-order chi connectivity index (χ0) is 14.0. The molecule has 6 heteroatoms. The average Bonchev–Trinajstić information content (AvgIpc) is 2.75. The molecule has 0 saturated carbocycles. The SMILES string of the molecule is CC(C)c1nc(Cl)cc(NC(C)c2ccc(Cl)s2)n1. The second-order valence-electron chi connectivity index (χ2n) is 4.60. The van der Waals surface area contributed by atoms with E-state index in [2.05, 4.69) is 22.2 Å². The first-order valence-electron chi connectivity index (χ1n) is 6.02. The van der Waals surface area contributed by atoms with Crippen molar-refractivity contribution in [3.63, 3.8) is 0 Å². The van der Waals surface area contributed by atoms with Crippen LogP contribution in [0.15, 0.2) is 18.2 Å². The number of anilines is 1. The minimum atomic E-state index is 0.128. The van der Waals surface area contributed by atoms with Gasteiger partial charge in [-0.05, 0) is 19.1 Å². The number of nitrogens with one attached hydrogen (secondary N) is 1. The van der Waals surface area contributed by atoms with E-state index in [4.69, 9.17) is 23.2 Å². The van der Waals surface area contributed by atoms with Crippen LogP contribution in [-0.2, 0) is 0 Å². The third-order valence-corrected chi connectivity index (χ3v) is 4.22. The van der Waals surface area contributed by atoms with Gasteiger partial charge in [-0.15, -0.1) is 11.3 Å². The van der Waals surface area contributed by atoms with E-state index in [1.807, 2.05) is 26.0 Å². The van der Waals surface area contributed by atoms with E-state index in [-0.39, 0.29) is 12.0 Å². The molecule has 0 aliphatic carbocycles. The summed E-state index contributed by atoms with van der Waals surface area (Å²) in [5.74, 6) is 1.72. The molecular weight excluding hydrogens is 301 g/mol. The molecule has 0 bridgehead atoms. The van der Waals surface area contributed by atoms with Crippen molar-refractivity contribution < 1.29 is 0 Å². The van der Waals surface area contributed by atoms with Crippen LogP contribution in [0.2, 0.25) is 9.49 Å². The van der Waals surface area contributed by atoms with Crippen molar-refractivity contribution in [1.82, 2.24) is 9.97 Å². The molecule has 1 N–H and O–H groups in total. The highest BCUT2D eigenvalue weighted by Gasteiger charge is 2.11. The Labute approximate surface area is 127 Å². The fourth-order valence-corrected chi connectivity index (χ4v) is 2.87. The van der Waals surface area contributed by atoms with E-state index in [9.17, 15) is 0 Å². The molecule has 1 atom stereocenters.